The third-order valence-corrected chi connectivity index (χ3v) is 3.81. The Morgan fingerprint density at radius 1 is 1.30 bits per heavy atom. The highest BCUT2D eigenvalue weighted by molar-refractivity contribution is 5.25. The van der Waals surface area contributed by atoms with E-state index >= 15 is 0 Å². The molecule has 3 N–H and O–H groups in total. The van der Waals surface area contributed by atoms with Gasteiger partial charge in [0.1, 0.15) is 0 Å². The summed E-state index contributed by atoms with van der Waals surface area (Å²) < 4.78 is 1.94. The second-order valence-corrected chi connectivity index (χ2v) is 5.43. The average Bonchev–Trinajstić information content (AvgIpc) is 2.74. The normalized spacial score (nSPS) is 12.6. The van der Waals surface area contributed by atoms with Gasteiger partial charge in [-0.15, -0.1) is 0 Å². The number of hydrazine groups is 1. The van der Waals surface area contributed by atoms with E-state index in [0.29, 0.717) is 0 Å². The highest BCUT2D eigenvalue weighted by Gasteiger charge is 2.12. The van der Waals surface area contributed by atoms with Crippen molar-refractivity contribution in [3.8, 4) is 0 Å². The van der Waals surface area contributed by atoms with Crippen molar-refractivity contribution in [1.82, 2.24) is 15.2 Å². The molecule has 4 heteroatoms. The first-order valence-corrected chi connectivity index (χ1v) is 7.10. The Hall–Kier alpha value is -1.65. The van der Waals surface area contributed by atoms with Gasteiger partial charge in [-0.05, 0) is 43.9 Å². The minimum Gasteiger partial charge on any atom is -0.272 e. The second kappa shape index (κ2) is 6.68. The highest BCUT2D eigenvalue weighted by atomic mass is 15.3. The summed E-state index contributed by atoms with van der Waals surface area (Å²) in [6.07, 6.45) is 2.96. The number of nitrogens with two attached hydrogens (primary N) is 1. The van der Waals surface area contributed by atoms with Crippen molar-refractivity contribution in [3.05, 3.63) is 52.8 Å². The first kappa shape index (κ1) is 14.8. The lowest BCUT2D eigenvalue weighted by Crippen LogP contribution is -2.37. The van der Waals surface area contributed by atoms with Gasteiger partial charge in [-0.1, -0.05) is 24.3 Å². The zero-order valence-corrected chi connectivity index (χ0v) is 12.6. The molecule has 0 aliphatic carbocycles. The average molecular weight is 272 g/mol. The Kier molecular flexibility index (Phi) is 4.93. The molecule has 2 aromatic rings. The first-order valence-electron chi connectivity index (χ1n) is 7.10. The number of rotatable bonds is 6. The van der Waals surface area contributed by atoms with Gasteiger partial charge in [0.05, 0.1) is 5.69 Å². The van der Waals surface area contributed by atoms with Gasteiger partial charge in [0.25, 0.3) is 0 Å². The van der Waals surface area contributed by atoms with E-state index in [1.165, 1.54) is 16.8 Å². The number of aromatic nitrogens is 2. The monoisotopic (exact) mass is 272 g/mol. The van der Waals surface area contributed by atoms with Crippen LogP contribution in [0.3, 0.4) is 0 Å². The van der Waals surface area contributed by atoms with Gasteiger partial charge in [0.15, 0.2) is 0 Å². The minimum atomic E-state index is 0.268. The molecule has 0 bridgehead atoms. The molecule has 108 valence electrons. The predicted molar refractivity (Wildman–Crippen MR) is 82.3 cm³/mol. The Morgan fingerprint density at radius 3 is 2.65 bits per heavy atom. The lowest BCUT2D eigenvalue weighted by molar-refractivity contribution is 0.477. The molecule has 0 aliphatic rings. The van der Waals surface area contributed by atoms with Crippen LogP contribution in [0.2, 0.25) is 0 Å². The maximum atomic E-state index is 5.70. The van der Waals surface area contributed by atoms with Crippen LogP contribution in [-0.2, 0) is 19.9 Å². The van der Waals surface area contributed by atoms with E-state index < -0.39 is 0 Å². The summed E-state index contributed by atoms with van der Waals surface area (Å²) >= 11 is 0. The maximum absolute atomic E-state index is 5.70. The largest absolute Gasteiger partial charge is 0.272 e. The number of nitrogens with zero attached hydrogens (tertiary/aromatic N) is 2. The summed E-state index contributed by atoms with van der Waals surface area (Å²) in [6.45, 7) is 4.17. The van der Waals surface area contributed by atoms with Crippen molar-refractivity contribution in [2.75, 3.05) is 0 Å². The molecular weight excluding hydrogens is 248 g/mol. The molecular formula is C16H24N4. The third-order valence-electron chi connectivity index (χ3n) is 3.81. The molecule has 0 spiro atoms. The van der Waals surface area contributed by atoms with Crippen LogP contribution in [0.15, 0.2) is 30.3 Å². The van der Waals surface area contributed by atoms with Gasteiger partial charge in [-0.25, -0.2) is 0 Å². The molecule has 0 radical (unpaired) electrons. The van der Waals surface area contributed by atoms with Crippen molar-refractivity contribution in [1.29, 1.82) is 0 Å². The minimum absolute atomic E-state index is 0.268. The van der Waals surface area contributed by atoms with Crippen LogP contribution in [0.5, 0.6) is 0 Å². The van der Waals surface area contributed by atoms with Crippen LogP contribution >= 0.6 is 0 Å². The molecule has 1 heterocycles. The quantitative estimate of drug-likeness (QED) is 0.625. The van der Waals surface area contributed by atoms with Crippen molar-refractivity contribution in [2.45, 2.75) is 39.2 Å². The third kappa shape index (κ3) is 3.68. The summed E-state index contributed by atoms with van der Waals surface area (Å²) in [6, 6.07) is 10.9. The summed E-state index contributed by atoms with van der Waals surface area (Å²) in [4.78, 5) is 0. The molecule has 1 aromatic heterocycles. The lowest BCUT2D eigenvalue weighted by atomic mass is 9.99. The molecule has 1 aromatic carbocycles. The molecule has 20 heavy (non-hydrogen) atoms. The number of hydrogen-bond donors (Lipinski definition) is 2. The van der Waals surface area contributed by atoms with Gasteiger partial charge in [0, 0.05) is 25.2 Å². The Labute approximate surface area is 121 Å². The van der Waals surface area contributed by atoms with E-state index in [-0.39, 0.29) is 6.04 Å². The smallest absolute Gasteiger partial charge is 0.0596 e. The van der Waals surface area contributed by atoms with E-state index in [0.717, 1.165) is 25.0 Å². The van der Waals surface area contributed by atoms with Crippen LogP contribution in [0, 0.1) is 13.8 Å². The van der Waals surface area contributed by atoms with Crippen molar-refractivity contribution >= 4 is 0 Å². The summed E-state index contributed by atoms with van der Waals surface area (Å²) in [5.74, 6) is 5.70. The second-order valence-electron chi connectivity index (χ2n) is 5.43. The van der Waals surface area contributed by atoms with E-state index in [1.807, 2.05) is 18.7 Å². The summed E-state index contributed by atoms with van der Waals surface area (Å²) in [7, 11) is 1.98. The first-order chi connectivity index (χ1) is 9.60. The molecule has 0 amide bonds. The van der Waals surface area contributed by atoms with Gasteiger partial charge < -0.3 is 0 Å². The van der Waals surface area contributed by atoms with Gasteiger partial charge >= 0.3 is 0 Å². The fraction of sp³-hybridized carbons (Fsp3) is 0.438. The molecule has 2 rings (SSSR count). The molecule has 1 atom stereocenters. The van der Waals surface area contributed by atoms with E-state index in [9.17, 15) is 0 Å². The standard InChI is InChI=1S/C16H24N4/c1-12-6-4-5-7-14(12)8-9-15(18-17)11-16-10-13(2)19-20(16)3/h4-7,10,15,18H,8-9,11,17H2,1-3H3. The zero-order chi connectivity index (χ0) is 14.5. The highest BCUT2D eigenvalue weighted by Crippen LogP contribution is 2.13. The lowest BCUT2D eigenvalue weighted by Gasteiger charge is -2.16. The summed E-state index contributed by atoms with van der Waals surface area (Å²) in [5.41, 5.74) is 7.95. The van der Waals surface area contributed by atoms with Crippen molar-refractivity contribution in [3.63, 3.8) is 0 Å². The molecule has 0 saturated heterocycles. The fourth-order valence-corrected chi connectivity index (χ4v) is 2.57. The van der Waals surface area contributed by atoms with Crippen LogP contribution in [0.25, 0.3) is 0 Å². The van der Waals surface area contributed by atoms with Crippen LogP contribution in [0.4, 0.5) is 0 Å². The van der Waals surface area contributed by atoms with E-state index in [4.69, 9.17) is 5.84 Å². The van der Waals surface area contributed by atoms with E-state index in [1.54, 1.807) is 0 Å². The molecule has 0 fully saturated rings. The Bertz CT molecular complexity index is 559. The SMILES string of the molecule is Cc1cc(CC(CCc2ccccc2C)NN)n(C)n1. The van der Waals surface area contributed by atoms with Gasteiger partial charge in [-0.3, -0.25) is 16.0 Å². The zero-order valence-electron chi connectivity index (χ0n) is 12.6. The van der Waals surface area contributed by atoms with E-state index in [2.05, 4.69) is 47.8 Å². The topological polar surface area (TPSA) is 55.9 Å². The van der Waals surface area contributed by atoms with Crippen LogP contribution < -0.4 is 11.3 Å². The van der Waals surface area contributed by atoms with Gasteiger partial charge in [-0.2, -0.15) is 5.10 Å². The molecule has 0 saturated carbocycles. The Balaban J connectivity index is 1.96. The summed E-state index contributed by atoms with van der Waals surface area (Å²) in [5, 5.41) is 4.38. The van der Waals surface area contributed by atoms with Crippen molar-refractivity contribution < 1.29 is 0 Å². The number of hydrogen-bond acceptors (Lipinski definition) is 3. The number of aryl methyl sites for hydroxylation is 4. The predicted octanol–water partition coefficient (Wildman–Crippen LogP) is 2.04. The van der Waals surface area contributed by atoms with Crippen molar-refractivity contribution in [2.24, 2.45) is 12.9 Å². The maximum Gasteiger partial charge on any atom is 0.0596 e. The molecule has 4 nitrogen and oxygen atoms in total. The van der Waals surface area contributed by atoms with Crippen LogP contribution in [-0.4, -0.2) is 15.8 Å². The van der Waals surface area contributed by atoms with Crippen LogP contribution in [0.1, 0.15) is 28.9 Å². The molecule has 0 aliphatic heterocycles. The molecule has 1 unspecified atom stereocenters. The fourth-order valence-electron chi connectivity index (χ4n) is 2.57. The number of benzene rings is 1. The number of nitrogens with one attached hydrogen (secondary N) is 1. The Morgan fingerprint density at radius 2 is 2.05 bits per heavy atom. The van der Waals surface area contributed by atoms with Gasteiger partial charge in [0.2, 0.25) is 0 Å².